The van der Waals surface area contributed by atoms with E-state index in [2.05, 4.69) is 5.32 Å². The summed E-state index contributed by atoms with van der Waals surface area (Å²) in [6.07, 6.45) is 0.711. The Morgan fingerprint density at radius 1 is 1.58 bits per heavy atom. The van der Waals surface area contributed by atoms with Gasteiger partial charge in [-0.15, -0.1) is 0 Å². The highest BCUT2D eigenvalue weighted by Crippen LogP contribution is 2.19. The van der Waals surface area contributed by atoms with E-state index in [0.29, 0.717) is 26.1 Å². The molecule has 1 unspecified atom stereocenters. The maximum Gasteiger partial charge on any atom is 0.238 e. The zero-order chi connectivity index (χ0) is 13.9. The summed E-state index contributed by atoms with van der Waals surface area (Å²) >= 11 is 0. The normalized spacial score (nSPS) is 23.5. The van der Waals surface area contributed by atoms with Gasteiger partial charge in [-0.2, -0.15) is 0 Å². The highest BCUT2D eigenvalue weighted by atomic mass is 16.3. The van der Waals surface area contributed by atoms with Crippen LogP contribution in [0.25, 0.3) is 0 Å². The van der Waals surface area contributed by atoms with Crippen LogP contribution in [0, 0.1) is 0 Å². The molecule has 104 valence electrons. The van der Waals surface area contributed by atoms with Gasteiger partial charge in [-0.05, 0) is 31.0 Å². The summed E-state index contributed by atoms with van der Waals surface area (Å²) in [4.78, 5) is 13.9. The highest BCUT2D eigenvalue weighted by Gasteiger charge is 2.31. The van der Waals surface area contributed by atoms with Gasteiger partial charge in [-0.25, -0.2) is 0 Å². The topological polar surface area (TPSA) is 78.6 Å². The summed E-state index contributed by atoms with van der Waals surface area (Å²) in [6.45, 7) is 3.86. The van der Waals surface area contributed by atoms with Crippen LogP contribution in [-0.2, 0) is 11.3 Å². The third kappa shape index (κ3) is 4.02. The highest BCUT2D eigenvalue weighted by molar-refractivity contribution is 5.92. The van der Waals surface area contributed by atoms with Gasteiger partial charge in [0.1, 0.15) is 0 Å². The zero-order valence-corrected chi connectivity index (χ0v) is 11.2. The number of carbonyl (C=O) groups excluding carboxylic acids is 1. The van der Waals surface area contributed by atoms with E-state index in [-0.39, 0.29) is 5.91 Å². The molecule has 1 aromatic rings. The molecule has 1 aromatic carbocycles. The van der Waals surface area contributed by atoms with Crippen LogP contribution in [0.4, 0.5) is 5.69 Å². The SMILES string of the molecule is CC1(O)CCN(CC(=O)Nc2cccc(CN)c2)C1. The molecule has 1 aliphatic heterocycles. The third-order valence-corrected chi connectivity index (χ3v) is 3.34. The Hall–Kier alpha value is -1.43. The molecule has 19 heavy (non-hydrogen) atoms. The van der Waals surface area contributed by atoms with Crippen molar-refractivity contribution in [1.82, 2.24) is 4.90 Å². The average Bonchev–Trinajstić information content (AvgIpc) is 2.68. The van der Waals surface area contributed by atoms with E-state index in [4.69, 9.17) is 5.73 Å². The van der Waals surface area contributed by atoms with E-state index >= 15 is 0 Å². The molecule has 1 fully saturated rings. The Bertz CT molecular complexity index is 460. The summed E-state index contributed by atoms with van der Waals surface area (Å²) in [5.74, 6) is -0.0631. The molecule has 1 atom stereocenters. The van der Waals surface area contributed by atoms with E-state index < -0.39 is 5.60 Å². The molecule has 1 aliphatic rings. The Kier molecular flexibility index (Phi) is 4.19. The molecule has 0 bridgehead atoms. The molecule has 4 N–H and O–H groups in total. The smallest absolute Gasteiger partial charge is 0.238 e. The maximum absolute atomic E-state index is 11.9. The Morgan fingerprint density at radius 3 is 3.00 bits per heavy atom. The van der Waals surface area contributed by atoms with Gasteiger partial charge in [0, 0.05) is 25.3 Å². The van der Waals surface area contributed by atoms with Gasteiger partial charge in [-0.3, -0.25) is 9.69 Å². The first-order valence-electron chi connectivity index (χ1n) is 6.52. The first-order valence-corrected chi connectivity index (χ1v) is 6.52. The van der Waals surface area contributed by atoms with Gasteiger partial charge in [-0.1, -0.05) is 12.1 Å². The first-order chi connectivity index (χ1) is 8.98. The van der Waals surface area contributed by atoms with Crippen LogP contribution < -0.4 is 11.1 Å². The minimum absolute atomic E-state index is 0.0631. The lowest BCUT2D eigenvalue weighted by molar-refractivity contribution is -0.117. The second-order valence-electron chi connectivity index (χ2n) is 5.41. The lowest BCUT2D eigenvalue weighted by atomic mass is 10.1. The second kappa shape index (κ2) is 5.69. The Morgan fingerprint density at radius 2 is 2.37 bits per heavy atom. The van der Waals surface area contributed by atoms with Crippen LogP contribution in [0.1, 0.15) is 18.9 Å². The van der Waals surface area contributed by atoms with Crippen LogP contribution in [0.3, 0.4) is 0 Å². The zero-order valence-electron chi connectivity index (χ0n) is 11.2. The number of rotatable bonds is 4. The number of nitrogens with one attached hydrogen (secondary N) is 1. The lowest BCUT2D eigenvalue weighted by Gasteiger charge is -2.18. The van der Waals surface area contributed by atoms with Crippen LogP contribution in [0.15, 0.2) is 24.3 Å². The minimum Gasteiger partial charge on any atom is -0.389 e. The second-order valence-corrected chi connectivity index (χ2v) is 5.41. The van der Waals surface area contributed by atoms with Crippen molar-refractivity contribution >= 4 is 11.6 Å². The largest absolute Gasteiger partial charge is 0.389 e. The van der Waals surface area contributed by atoms with Crippen LogP contribution in [-0.4, -0.2) is 41.1 Å². The number of hydrogen-bond donors (Lipinski definition) is 3. The molecule has 2 rings (SSSR count). The van der Waals surface area contributed by atoms with Crippen LogP contribution >= 0.6 is 0 Å². The first kappa shape index (κ1) is 14.0. The molecule has 1 amide bonds. The van der Waals surface area contributed by atoms with Gasteiger partial charge in [0.15, 0.2) is 0 Å². The van der Waals surface area contributed by atoms with Crippen molar-refractivity contribution in [2.45, 2.75) is 25.5 Å². The summed E-state index contributed by atoms with van der Waals surface area (Å²) in [7, 11) is 0. The molecule has 5 heteroatoms. The van der Waals surface area contributed by atoms with Crippen molar-refractivity contribution in [2.75, 3.05) is 25.0 Å². The van der Waals surface area contributed by atoms with Crippen molar-refractivity contribution in [2.24, 2.45) is 5.73 Å². The maximum atomic E-state index is 11.9. The van der Waals surface area contributed by atoms with Crippen molar-refractivity contribution in [3.63, 3.8) is 0 Å². The van der Waals surface area contributed by atoms with E-state index in [9.17, 15) is 9.90 Å². The number of likely N-dealkylation sites (tertiary alicyclic amines) is 1. The van der Waals surface area contributed by atoms with Gasteiger partial charge in [0.25, 0.3) is 0 Å². The quantitative estimate of drug-likeness (QED) is 0.741. The van der Waals surface area contributed by atoms with E-state index in [1.165, 1.54) is 0 Å². The summed E-state index contributed by atoms with van der Waals surface area (Å²) in [6, 6.07) is 7.51. The molecule has 0 spiro atoms. The monoisotopic (exact) mass is 263 g/mol. The number of anilines is 1. The molecule has 5 nitrogen and oxygen atoms in total. The molecule has 0 aromatic heterocycles. The predicted octanol–water partition coefficient (Wildman–Crippen LogP) is 0.540. The molecular weight excluding hydrogens is 242 g/mol. The Labute approximate surface area is 113 Å². The fourth-order valence-electron chi connectivity index (χ4n) is 2.35. The van der Waals surface area contributed by atoms with E-state index in [1.54, 1.807) is 6.92 Å². The molecule has 1 heterocycles. The fourth-order valence-corrected chi connectivity index (χ4v) is 2.35. The summed E-state index contributed by atoms with van der Waals surface area (Å²) in [5, 5.41) is 12.7. The lowest BCUT2D eigenvalue weighted by Crippen LogP contribution is -2.35. The fraction of sp³-hybridized carbons (Fsp3) is 0.500. The molecule has 0 aliphatic carbocycles. The number of β-amino-alcohol motifs (C(OH)–C–C–N with tert-alkyl or cyclic N) is 1. The standard InChI is InChI=1S/C14H21N3O2/c1-14(19)5-6-17(10-14)9-13(18)16-12-4-2-3-11(7-12)8-15/h2-4,7,19H,5-6,8-10,15H2,1H3,(H,16,18). The van der Waals surface area contributed by atoms with Crippen LogP contribution in [0.5, 0.6) is 0 Å². The van der Waals surface area contributed by atoms with Gasteiger partial charge in [0.2, 0.25) is 5.91 Å². The molecular formula is C14H21N3O2. The number of aliphatic hydroxyl groups is 1. The van der Waals surface area contributed by atoms with Crippen molar-refractivity contribution in [1.29, 1.82) is 0 Å². The molecule has 1 saturated heterocycles. The van der Waals surface area contributed by atoms with E-state index in [0.717, 1.165) is 17.8 Å². The summed E-state index contributed by atoms with van der Waals surface area (Å²) in [5.41, 5.74) is 6.65. The average molecular weight is 263 g/mol. The van der Waals surface area contributed by atoms with E-state index in [1.807, 2.05) is 29.2 Å². The number of nitrogens with zero attached hydrogens (tertiary/aromatic N) is 1. The van der Waals surface area contributed by atoms with Crippen molar-refractivity contribution < 1.29 is 9.90 Å². The third-order valence-electron chi connectivity index (χ3n) is 3.34. The molecule has 0 saturated carbocycles. The summed E-state index contributed by atoms with van der Waals surface area (Å²) < 4.78 is 0. The minimum atomic E-state index is -0.667. The number of hydrogen-bond acceptors (Lipinski definition) is 4. The Balaban J connectivity index is 1.87. The number of amides is 1. The van der Waals surface area contributed by atoms with Gasteiger partial charge < -0.3 is 16.2 Å². The number of nitrogens with two attached hydrogens (primary N) is 1. The molecule has 0 radical (unpaired) electrons. The number of benzene rings is 1. The van der Waals surface area contributed by atoms with Crippen LogP contribution in [0.2, 0.25) is 0 Å². The van der Waals surface area contributed by atoms with Gasteiger partial charge >= 0.3 is 0 Å². The number of carbonyl (C=O) groups is 1. The van der Waals surface area contributed by atoms with Gasteiger partial charge in [0.05, 0.1) is 12.1 Å². The van der Waals surface area contributed by atoms with Crippen molar-refractivity contribution in [3.05, 3.63) is 29.8 Å². The van der Waals surface area contributed by atoms with Crippen molar-refractivity contribution in [3.8, 4) is 0 Å². The predicted molar refractivity (Wildman–Crippen MR) is 74.6 cm³/mol.